The molecule has 0 aliphatic heterocycles. The van der Waals surface area contributed by atoms with Gasteiger partial charge in [0.1, 0.15) is 18.2 Å². The van der Waals surface area contributed by atoms with Gasteiger partial charge >= 0.3 is 12.1 Å². The summed E-state index contributed by atoms with van der Waals surface area (Å²) in [6.07, 6.45) is -4.45. The minimum absolute atomic E-state index is 0.0807. The highest BCUT2D eigenvalue weighted by Crippen LogP contribution is 2.37. The van der Waals surface area contributed by atoms with E-state index < -0.39 is 23.5 Å². The summed E-state index contributed by atoms with van der Waals surface area (Å²) < 4.78 is 64.4. The Morgan fingerprint density at radius 2 is 1.79 bits per heavy atom. The summed E-state index contributed by atoms with van der Waals surface area (Å²) in [5.74, 6) is -1.05. The van der Waals surface area contributed by atoms with Crippen LogP contribution >= 0.6 is 11.3 Å². The van der Waals surface area contributed by atoms with Crippen LogP contribution in [0.3, 0.4) is 0 Å². The van der Waals surface area contributed by atoms with Crippen molar-refractivity contribution in [3.63, 3.8) is 0 Å². The molecule has 0 saturated heterocycles. The van der Waals surface area contributed by atoms with Gasteiger partial charge in [0, 0.05) is 9.58 Å². The average Bonchev–Trinajstić information content (AvgIpc) is 3.20. The molecular weight excluding hydrogens is 456 g/mol. The summed E-state index contributed by atoms with van der Waals surface area (Å²) in [7, 11) is 0. The molecule has 1 heterocycles. The Bertz CT molecular complexity index is 1310. The van der Waals surface area contributed by atoms with E-state index in [1.54, 1.807) is 13.0 Å². The second-order valence-electron chi connectivity index (χ2n) is 7.20. The molecule has 0 bridgehead atoms. The smallest absolute Gasteiger partial charge is 0.416 e. The van der Waals surface area contributed by atoms with Gasteiger partial charge in [-0.1, -0.05) is 24.3 Å². The first-order valence-electron chi connectivity index (χ1n) is 10.0. The minimum Gasteiger partial charge on any atom is -0.488 e. The van der Waals surface area contributed by atoms with E-state index in [1.807, 2.05) is 24.3 Å². The number of carbonyl (C=O) groups excluding carboxylic acids is 1. The number of hydrogen-bond acceptors (Lipinski definition) is 4. The highest BCUT2D eigenvalue weighted by molar-refractivity contribution is 7.19. The van der Waals surface area contributed by atoms with E-state index >= 15 is 0 Å². The standard InChI is InChI=1S/C25H18F4O3S/c1-2-31-24(30)17-9-16(10-19(26)11-17)22-8-3-5-15-12-21(33-23(15)22)14-32-20-7-4-6-18(13-20)25(27,28)29/h3-13H,2,14H2,1H3. The van der Waals surface area contributed by atoms with Crippen LogP contribution in [0.5, 0.6) is 5.75 Å². The van der Waals surface area contributed by atoms with E-state index in [9.17, 15) is 22.4 Å². The number of rotatable bonds is 6. The van der Waals surface area contributed by atoms with Gasteiger partial charge in [-0.2, -0.15) is 13.2 Å². The fourth-order valence-electron chi connectivity index (χ4n) is 3.41. The van der Waals surface area contributed by atoms with Crippen LogP contribution in [0.15, 0.2) is 66.7 Å². The van der Waals surface area contributed by atoms with Crippen LogP contribution in [0.2, 0.25) is 0 Å². The Balaban J connectivity index is 1.63. The zero-order valence-corrected chi connectivity index (χ0v) is 18.2. The fourth-order valence-corrected chi connectivity index (χ4v) is 4.52. The molecular formula is C25H18F4O3S. The van der Waals surface area contributed by atoms with Crippen molar-refractivity contribution >= 4 is 27.4 Å². The number of hydrogen-bond donors (Lipinski definition) is 0. The Morgan fingerprint density at radius 1 is 1.00 bits per heavy atom. The Hall–Kier alpha value is -3.39. The topological polar surface area (TPSA) is 35.5 Å². The average molecular weight is 474 g/mol. The van der Waals surface area contributed by atoms with Crippen LogP contribution in [0.4, 0.5) is 17.6 Å². The predicted molar refractivity (Wildman–Crippen MR) is 119 cm³/mol. The zero-order valence-electron chi connectivity index (χ0n) is 17.4. The number of benzene rings is 3. The first kappa shape index (κ1) is 22.8. The molecule has 0 unspecified atom stereocenters. The summed E-state index contributed by atoms with van der Waals surface area (Å²) >= 11 is 1.39. The zero-order chi connectivity index (χ0) is 23.6. The number of fused-ring (bicyclic) bond motifs is 1. The lowest BCUT2D eigenvalue weighted by Crippen LogP contribution is -2.05. The minimum atomic E-state index is -4.45. The van der Waals surface area contributed by atoms with Crippen molar-refractivity contribution in [1.82, 2.24) is 0 Å². The maximum Gasteiger partial charge on any atom is 0.416 e. The van der Waals surface area contributed by atoms with E-state index in [0.717, 1.165) is 38.7 Å². The maximum absolute atomic E-state index is 14.2. The molecule has 0 aliphatic rings. The highest BCUT2D eigenvalue weighted by atomic mass is 32.1. The Morgan fingerprint density at radius 3 is 2.55 bits per heavy atom. The number of alkyl halides is 3. The summed E-state index contributed by atoms with van der Waals surface area (Å²) in [5, 5.41) is 0.877. The summed E-state index contributed by atoms with van der Waals surface area (Å²) in [4.78, 5) is 12.9. The lowest BCUT2D eigenvalue weighted by Gasteiger charge is -2.09. The lowest BCUT2D eigenvalue weighted by atomic mass is 10.0. The fraction of sp³-hybridized carbons (Fsp3) is 0.160. The van der Waals surface area contributed by atoms with Crippen LogP contribution in [0, 0.1) is 5.82 Å². The number of carbonyl (C=O) groups is 1. The third-order valence-corrected chi connectivity index (χ3v) is 6.02. The van der Waals surface area contributed by atoms with Gasteiger partial charge in [-0.05, 0) is 65.9 Å². The largest absolute Gasteiger partial charge is 0.488 e. The molecule has 0 fully saturated rings. The lowest BCUT2D eigenvalue weighted by molar-refractivity contribution is -0.137. The highest BCUT2D eigenvalue weighted by Gasteiger charge is 2.30. The Kier molecular flexibility index (Phi) is 6.37. The molecule has 0 spiro atoms. The number of ether oxygens (including phenoxy) is 2. The number of halogens is 4. The molecule has 33 heavy (non-hydrogen) atoms. The van der Waals surface area contributed by atoms with Crippen molar-refractivity contribution in [3.05, 3.63) is 88.6 Å². The monoisotopic (exact) mass is 474 g/mol. The third kappa shape index (κ3) is 5.17. The van der Waals surface area contributed by atoms with Crippen LogP contribution in [0.1, 0.15) is 27.7 Å². The van der Waals surface area contributed by atoms with Crippen LogP contribution in [-0.4, -0.2) is 12.6 Å². The molecule has 3 nitrogen and oxygen atoms in total. The van der Waals surface area contributed by atoms with E-state index in [4.69, 9.17) is 9.47 Å². The van der Waals surface area contributed by atoms with E-state index in [2.05, 4.69) is 0 Å². The van der Waals surface area contributed by atoms with Gasteiger partial charge in [0.25, 0.3) is 0 Å². The summed E-state index contributed by atoms with van der Waals surface area (Å²) in [5.41, 5.74) is 0.597. The quantitative estimate of drug-likeness (QED) is 0.215. The van der Waals surface area contributed by atoms with Crippen LogP contribution < -0.4 is 4.74 Å². The molecule has 8 heteroatoms. The van der Waals surface area contributed by atoms with Gasteiger partial charge in [0.2, 0.25) is 0 Å². The summed E-state index contributed by atoms with van der Waals surface area (Å²) in [6, 6.07) is 16.2. The summed E-state index contributed by atoms with van der Waals surface area (Å²) in [6.45, 7) is 1.94. The molecule has 4 aromatic rings. The SMILES string of the molecule is CCOC(=O)c1cc(F)cc(-c2cccc3cc(COc4cccc(C(F)(F)F)c4)sc23)c1. The van der Waals surface area contributed by atoms with Gasteiger partial charge in [-0.25, -0.2) is 9.18 Å². The molecule has 0 atom stereocenters. The van der Waals surface area contributed by atoms with Gasteiger partial charge in [0.05, 0.1) is 17.7 Å². The van der Waals surface area contributed by atoms with Crippen molar-refractivity contribution in [2.24, 2.45) is 0 Å². The molecule has 4 rings (SSSR count). The number of esters is 1. The molecule has 3 aromatic carbocycles. The van der Waals surface area contributed by atoms with E-state index in [0.29, 0.717) is 5.56 Å². The molecule has 0 aliphatic carbocycles. The van der Waals surface area contributed by atoms with Gasteiger partial charge in [-0.3, -0.25) is 0 Å². The van der Waals surface area contributed by atoms with Crippen molar-refractivity contribution in [2.45, 2.75) is 19.7 Å². The van der Waals surface area contributed by atoms with E-state index in [1.165, 1.54) is 29.5 Å². The van der Waals surface area contributed by atoms with Gasteiger partial charge in [0.15, 0.2) is 0 Å². The third-order valence-electron chi connectivity index (χ3n) is 4.86. The van der Waals surface area contributed by atoms with Crippen molar-refractivity contribution in [1.29, 1.82) is 0 Å². The molecule has 1 aromatic heterocycles. The molecule has 0 amide bonds. The predicted octanol–water partition coefficient (Wildman–Crippen LogP) is 7.48. The Labute approximate surface area is 191 Å². The first-order chi connectivity index (χ1) is 15.7. The van der Waals surface area contributed by atoms with Crippen LogP contribution in [-0.2, 0) is 17.5 Å². The molecule has 0 saturated carbocycles. The van der Waals surface area contributed by atoms with Crippen LogP contribution in [0.25, 0.3) is 21.2 Å². The van der Waals surface area contributed by atoms with Crippen molar-refractivity contribution in [2.75, 3.05) is 6.61 Å². The normalized spacial score (nSPS) is 11.5. The first-order valence-corrected chi connectivity index (χ1v) is 10.9. The number of thiophene rings is 1. The van der Waals surface area contributed by atoms with E-state index in [-0.39, 0.29) is 24.5 Å². The molecule has 170 valence electrons. The maximum atomic E-state index is 14.2. The molecule has 0 N–H and O–H groups in total. The second-order valence-corrected chi connectivity index (χ2v) is 8.34. The van der Waals surface area contributed by atoms with Crippen molar-refractivity contribution < 1.29 is 31.8 Å². The second kappa shape index (κ2) is 9.23. The van der Waals surface area contributed by atoms with Gasteiger partial charge in [-0.15, -0.1) is 11.3 Å². The van der Waals surface area contributed by atoms with Crippen molar-refractivity contribution in [3.8, 4) is 16.9 Å². The van der Waals surface area contributed by atoms with Gasteiger partial charge < -0.3 is 9.47 Å². The molecule has 0 radical (unpaired) electrons.